The first-order valence-corrected chi connectivity index (χ1v) is 15.5. The van der Waals surface area contributed by atoms with Crippen LogP contribution in [0.5, 0.6) is 0 Å². The Kier molecular flexibility index (Phi) is 10.5. The van der Waals surface area contributed by atoms with E-state index in [4.69, 9.17) is 23.2 Å². The molecule has 3 aromatic rings. The molecule has 4 amide bonds. The summed E-state index contributed by atoms with van der Waals surface area (Å²) in [7, 11) is 1.74. The second-order valence-electron chi connectivity index (χ2n) is 10.3. The van der Waals surface area contributed by atoms with E-state index in [1.807, 2.05) is 57.2 Å². The highest BCUT2D eigenvalue weighted by Gasteiger charge is 2.59. The van der Waals surface area contributed by atoms with Crippen molar-refractivity contribution in [3.8, 4) is 0 Å². The van der Waals surface area contributed by atoms with Crippen LogP contribution in [0.2, 0.25) is 10.0 Å². The van der Waals surface area contributed by atoms with Crippen LogP contribution in [0.3, 0.4) is 0 Å². The number of benzene rings is 3. The van der Waals surface area contributed by atoms with Gasteiger partial charge in [0.15, 0.2) is 0 Å². The van der Waals surface area contributed by atoms with Crippen molar-refractivity contribution in [1.29, 1.82) is 0 Å². The van der Waals surface area contributed by atoms with Gasteiger partial charge in [0.25, 0.3) is 0 Å². The Morgan fingerprint density at radius 1 is 0.952 bits per heavy atom. The van der Waals surface area contributed by atoms with Gasteiger partial charge in [0.05, 0.1) is 12.5 Å². The second kappa shape index (κ2) is 13.8. The number of hydrogen-bond donors (Lipinski definition) is 1. The molecule has 0 saturated carbocycles. The monoisotopic (exact) mass is 626 g/mol. The largest absolute Gasteiger partial charge is 0.343 e. The Morgan fingerprint density at radius 2 is 1.55 bits per heavy atom. The lowest BCUT2D eigenvalue weighted by Gasteiger charge is -2.39. The summed E-state index contributed by atoms with van der Waals surface area (Å²) >= 11 is 13.9. The third-order valence-electron chi connectivity index (χ3n) is 7.40. The number of aryl methyl sites for hydroxylation is 1. The van der Waals surface area contributed by atoms with Gasteiger partial charge in [0.2, 0.25) is 11.8 Å². The number of likely N-dealkylation sites (N-methyl/N-ethyl adjacent to an activating group) is 2. The molecule has 0 bridgehead atoms. The summed E-state index contributed by atoms with van der Waals surface area (Å²) in [6.45, 7) is 7.48. The molecule has 1 aliphatic heterocycles. The molecule has 0 radical (unpaired) electrons. The summed E-state index contributed by atoms with van der Waals surface area (Å²) in [5, 5.41) is 3.94. The van der Waals surface area contributed by atoms with Crippen LogP contribution in [0.4, 0.5) is 10.5 Å². The fourth-order valence-electron chi connectivity index (χ4n) is 5.22. The zero-order valence-corrected chi connectivity index (χ0v) is 26.6. The van der Waals surface area contributed by atoms with Gasteiger partial charge >= 0.3 is 6.03 Å². The summed E-state index contributed by atoms with van der Waals surface area (Å²) < 4.78 is -1.21. The number of amides is 4. The molecule has 10 heteroatoms. The molecule has 1 N–H and O–H groups in total. The van der Waals surface area contributed by atoms with E-state index in [1.54, 1.807) is 58.1 Å². The Hall–Kier alpha value is -3.20. The van der Waals surface area contributed by atoms with Crippen LogP contribution in [-0.4, -0.2) is 65.6 Å². The summed E-state index contributed by atoms with van der Waals surface area (Å²) in [4.78, 5) is 47.1. The minimum Gasteiger partial charge on any atom is -0.343 e. The summed E-state index contributed by atoms with van der Waals surface area (Å²) in [6, 6.07) is 21.5. The lowest BCUT2D eigenvalue weighted by atomic mass is 9.91. The first kappa shape index (κ1) is 31.7. The molecule has 4 rings (SSSR count). The maximum atomic E-state index is 14.7. The van der Waals surface area contributed by atoms with Crippen molar-refractivity contribution in [3.63, 3.8) is 0 Å². The summed E-state index contributed by atoms with van der Waals surface area (Å²) in [5.41, 5.74) is 2.54. The van der Waals surface area contributed by atoms with E-state index in [0.717, 1.165) is 16.0 Å². The van der Waals surface area contributed by atoms with Gasteiger partial charge in [-0.15, -0.1) is 11.8 Å². The van der Waals surface area contributed by atoms with Gasteiger partial charge in [-0.25, -0.2) is 4.79 Å². The lowest BCUT2D eigenvalue weighted by molar-refractivity contribution is -0.133. The molecule has 1 fully saturated rings. The normalized spacial score (nSPS) is 18.2. The fourth-order valence-corrected chi connectivity index (χ4v) is 6.96. The van der Waals surface area contributed by atoms with E-state index in [9.17, 15) is 14.4 Å². The number of halogens is 2. The van der Waals surface area contributed by atoms with Gasteiger partial charge in [-0.1, -0.05) is 53.0 Å². The molecular weight excluding hydrogens is 591 g/mol. The van der Waals surface area contributed by atoms with Crippen LogP contribution in [-0.2, 0) is 9.59 Å². The first-order chi connectivity index (χ1) is 20.1. The van der Waals surface area contributed by atoms with Crippen molar-refractivity contribution < 1.29 is 14.4 Å². The van der Waals surface area contributed by atoms with Crippen LogP contribution in [0.1, 0.15) is 37.4 Å². The molecule has 222 valence electrons. The Morgan fingerprint density at radius 3 is 2.12 bits per heavy atom. The topological polar surface area (TPSA) is 73.0 Å². The number of nitrogens with zero attached hydrogens (tertiary/aromatic N) is 3. The van der Waals surface area contributed by atoms with Crippen molar-refractivity contribution in [2.24, 2.45) is 0 Å². The molecule has 42 heavy (non-hydrogen) atoms. The van der Waals surface area contributed by atoms with Gasteiger partial charge in [-0.05, 0) is 74.9 Å². The molecule has 0 spiro atoms. The van der Waals surface area contributed by atoms with E-state index in [0.29, 0.717) is 41.9 Å². The molecule has 2 unspecified atom stereocenters. The van der Waals surface area contributed by atoms with E-state index in [-0.39, 0.29) is 24.3 Å². The quantitative estimate of drug-likeness (QED) is 0.268. The number of rotatable bonds is 10. The third-order valence-corrected chi connectivity index (χ3v) is 9.32. The van der Waals surface area contributed by atoms with Crippen LogP contribution in [0.25, 0.3) is 0 Å². The number of carbonyl (C=O) groups excluding carboxylic acids is 3. The summed E-state index contributed by atoms with van der Waals surface area (Å²) in [5.74, 6) is -0.360. The number of urea groups is 1. The highest BCUT2D eigenvalue weighted by atomic mass is 35.5. The van der Waals surface area contributed by atoms with Gasteiger partial charge in [-0.3, -0.25) is 9.59 Å². The SMILES string of the molecule is CCNC(=O)N(CC)CCN(C)C(=O)C1(Sc2ccc(C)cc2)CC(=O)N(c2ccc(Cl)cc2)C1c1ccc(Cl)cc1. The molecule has 3 aromatic carbocycles. The van der Waals surface area contributed by atoms with E-state index < -0.39 is 10.8 Å². The minimum absolute atomic E-state index is 0.0154. The maximum Gasteiger partial charge on any atom is 0.317 e. The highest BCUT2D eigenvalue weighted by molar-refractivity contribution is 8.01. The molecule has 1 aliphatic rings. The van der Waals surface area contributed by atoms with Crippen LogP contribution in [0, 0.1) is 6.92 Å². The van der Waals surface area contributed by atoms with Crippen molar-refractivity contribution in [3.05, 3.63) is 94.0 Å². The molecule has 0 aliphatic carbocycles. The number of hydrogen-bond acceptors (Lipinski definition) is 4. The van der Waals surface area contributed by atoms with E-state index >= 15 is 0 Å². The Balaban J connectivity index is 1.81. The molecule has 1 heterocycles. The highest BCUT2D eigenvalue weighted by Crippen LogP contribution is 2.54. The molecule has 1 saturated heterocycles. The average molecular weight is 628 g/mol. The van der Waals surface area contributed by atoms with Crippen molar-refractivity contribution in [2.75, 3.05) is 38.1 Å². The predicted molar refractivity (Wildman–Crippen MR) is 171 cm³/mol. The Bertz CT molecular complexity index is 1400. The number of carbonyl (C=O) groups is 3. The van der Waals surface area contributed by atoms with E-state index in [2.05, 4.69) is 5.32 Å². The molecular formula is C32H36Cl2N4O3S. The van der Waals surface area contributed by atoms with Gasteiger partial charge < -0.3 is 20.0 Å². The third kappa shape index (κ3) is 6.88. The number of thioether (sulfide) groups is 1. The van der Waals surface area contributed by atoms with Gasteiger partial charge in [-0.2, -0.15) is 0 Å². The summed E-state index contributed by atoms with van der Waals surface area (Å²) in [6.07, 6.45) is -0.0154. The minimum atomic E-state index is -1.21. The smallest absolute Gasteiger partial charge is 0.317 e. The maximum absolute atomic E-state index is 14.7. The molecule has 2 atom stereocenters. The van der Waals surface area contributed by atoms with Crippen LogP contribution in [0.15, 0.2) is 77.7 Å². The predicted octanol–water partition coefficient (Wildman–Crippen LogP) is 6.82. The number of nitrogens with one attached hydrogen (secondary N) is 1. The lowest BCUT2D eigenvalue weighted by Crippen LogP contribution is -2.51. The standard InChI is InChI=1S/C32H36Cl2N4O3S/c1-5-35-31(41)37(6-2)20-19-36(4)30(40)32(42-27-17-7-22(3)8-18-27)21-28(39)38(26-15-13-25(34)14-16-26)29(32)23-9-11-24(33)12-10-23/h7-18,29H,5-6,19-21H2,1-4H3,(H,35,41). The van der Waals surface area contributed by atoms with Crippen molar-refractivity contribution in [2.45, 2.75) is 42.9 Å². The Labute approximate surface area is 262 Å². The van der Waals surface area contributed by atoms with Crippen LogP contribution < -0.4 is 10.2 Å². The zero-order valence-electron chi connectivity index (χ0n) is 24.3. The van der Waals surface area contributed by atoms with Gasteiger partial charge in [0.1, 0.15) is 4.75 Å². The number of anilines is 1. The van der Waals surface area contributed by atoms with Gasteiger partial charge in [0, 0.05) is 53.9 Å². The van der Waals surface area contributed by atoms with Crippen LogP contribution >= 0.6 is 35.0 Å². The molecule has 7 nitrogen and oxygen atoms in total. The van der Waals surface area contributed by atoms with Crippen molar-refractivity contribution >= 4 is 58.5 Å². The average Bonchev–Trinajstić information content (AvgIpc) is 3.27. The molecule has 0 aromatic heterocycles. The second-order valence-corrected chi connectivity index (χ2v) is 12.6. The van der Waals surface area contributed by atoms with Crippen molar-refractivity contribution in [1.82, 2.24) is 15.1 Å². The van der Waals surface area contributed by atoms with E-state index in [1.165, 1.54) is 11.8 Å². The fraction of sp³-hybridized carbons (Fsp3) is 0.344. The zero-order chi connectivity index (χ0) is 30.4. The first-order valence-electron chi connectivity index (χ1n) is 14.0.